The number of anilines is 1. The molecule has 0 bridgehead atoms. The number of carbonyl (C=O) groups is 1. The molecule has 2 N–H and O–H groups in total. The Morgan fingerprint density at radius 3 is 2.68 bits per heavy atom. The third-order valence-corrected chi connectivity index (χ3v) is 3.48. The molecule has 5 nitrogen and oxygen atoms in total. The van der Waals surface area contributed by atoms with Crippen molar-refractivity contribution in [3.05, 3.63) is 22.9 Å². The van der Waals surface area contributed by atoms with Crippen LogP contribution in [0.5, 0.6) is 0 Å². The van der Waals surface area contributed by atoms with Gasteiger partial charge in [0.2, 0.25) is 0 Å². The van der Waals surface area contributed by atoms with Crippen molar-refractivity contribution >= 4 is 11.8 Å². The summed E-state index contributed by atoms with van der Waals surface area (Å²) in [6.45, 7) is 5.83. The van der Waals surface area contributed by atoms with Gasteiger partial charge in [-0.3, -0.25) is 0 Å². The molecule has 5 heteroatoms. The maximum Gasteiger partial charge on any atom is 0.339 e. The van der Waals surface area contributed by atoms with Crippen LogP contribution in [0.15, 0.2) is 6.07 Å². The second-order valence-corrected chi connectivity index (χ2v) is 4.94. The largest absolute Gasteiger partial charge is 0.465 e. The zero-order valence-corrected chi connectivity index (χ0v) is 11.7. The Morgan fingerprint density at radius 2 is 2.11 bits per heavy atom. The normalized spacial score (nSPS) is 16.2. The van der Waals surface area contributed by atoms with Crippen LogP contribution in [0, 0.1) is 13.8 Å². The van der Waals surface area contributed by atoms with E-state index in [4.69, 9.17) is 4.74 Å². The van der Waals surface area contributed by atoms with Crippen LogP contribution in [-0.4, -0.2) is 37.2 Å². The lowest BCUT2D eigenvalue weighted by Crippen LogP contribution is -2.35. The van der Waals surface area contributed by atoms with E-state index in [0.717, 1.165) is 37.3 Å². The average molecular weight is 263 g/mol. The summed E-state index contributed by atoms with van der Waals surface area (Å²) in [6, 6.07) is 2.37. The molecule has 104 valence electrons. The third-order valence-electron chi connectivity index (χ3n) is 3.48. The molecule has 1 aromatic heterocycles. The summed E-state index contributed by atoms with van der Waals surface area (Å²) in [5, 5.41) is 6.78. The van der Waals surface area contributed by atoms with Crippen LogP contribution in [-0.2, 0) is 4.74 Å². The van der Waals surface area contributed by atoms with Crippen LogP contribution in [0.3, 0.4) is 0 Å². The standard InChI is InChI=1S/C14H21N3O2/c1-9-8-12(17-11-4-6-15-7-5-11)16-10(2)13(9)14(18)19-3/h8,11,15H,4-7H2,1-3H3,(H,16,17). The van der Waals surface area contributed by atoms with E-state index in [-0.39, 0.29) is 5.97 Å². The quantitative estimate of drug-likeness (QED) is 0.812. The highest BCUT2D eigenvalue weighted by atomic mass is 16.5. The fourth-order valence-corrected chi connectivity index (χ4v) is 2.49. The number of carbonyl (C=O) groups excluding carboxylic acids is 1. The monoisotopic (exact) mass is 263 g/mol. The van der Waals surface area contributed by atoms with E-state index in [1.54, 1.807) is 0 Å². The Balaban J connectivity index is 2.17. The van der Waals surface area contributed by atoms with Gasteiger partial charge in [0.25, 0.3) is 0 Å². The molecule has 2 heterocycles. The highest BCUT2D eigenvalue weighted by molar-refractivity contribution is 5.92. The number of esters is 1. The molecule has 1 fully saturated rings. The Bertz CT molecular complexity index is 445. The summed E-state index contributed by atoms with van der Waals surface area (Å²) in [5.74, 6) is 0.519. The van der Waals surface area contributed by atoms with Crippen LogP contribution in [0.25, 0.3) is 0 Å². The molecule has 0 saturated carbocycles. The number of nitrogens with one attached hydrogen (secondary N) is 2. The number of methoxy groups -OCH3 is 1. The third kappa shape index (κ3) is 3.23. The first-order valence-corrected chi connectivity index (χ1v) is 6.65. The van der Waals surface area contributed by atoms with Crippen molar-refractivity contribution in [1.82, 2.24) is 10.3 Å². The Kier molecular flexibility index (Phi) is 4.37. The van der Waals surface area contributed by atoms with Crippen molar-refractivity contribution in [2.45, 2.75) is 32.7 Å². The van der Waals surface area contributed by atoms with Crippen LogP contribution in [0.1, 0.15) is 34.5 Å². The summed E-state index contributed by atoms with van der Waals surface area (Å²) >= 11 is 0. The van der Waals surface area contributed by atoms with Crippen LogP contribution >= 0.6 is 0 Å². The molecule has 0 amide bonds. The molecule has 2 rings (SSSR count). The molecule has 1 aromatic rings. The Hall–Kier alpha value is -1.62. The minimum Gasteiger partial charge on any atom is -0.465 e. The fraction of sp³-hybridized carbons (Fsp3) is 0.571. The molecular formula is C14H21N3O2. The van der Waals surface area contributed by atoms with Gasteiger partial charge >= 0.3 is 5.97 Å². The predicted octanol–water partition coefficient (Wildman–Crippen LogP) is 1.65. The van der Waals surface area contributed by atoms with Crippen molar-refractivity contribution in [2.75, 3.05) is 25.5 Å². The SMILES string of the molecule is COC(=O)c1c(C)cc(NC2CCNCC2)nc1C. The van der Waals surface area contributed by atoms with Crippen LogP contribution in [0.4, 0.5) is 5.82 Å². The molecule has 0 aromatic carbocycles. The number of aromatic nitrogens is 1. The fourth-order valence-electron chi connectivity index (χ4n) is 2.49. The average Bonchev–Trinajstić information content (AvgIpc) is 2.38. The Labute approximate surface area is 113 Å². The summed E-state index contributed by atoms with van der Waals surface area (Å²) < 4.78 is 4.78. The molecule has 0 aliphatic carbocycles. The van der Waals surface area contributed by atoms with E-state index >= 15 is 0 Å². The number of aryl methyl sites for hydroxylation is 2. The number of piperidine rings is 1. The van der Waals surface area contributed by atoms with Crippen molar-refractivity contribution in [2.24, 2.45) is 0 Å². The van der Waals surface area contributed by atoms with Gasteiger partial charge in [-0.1, -0.05) is 0 Å². The number of pyridine rings is 1. The van der Waals surface area contributed by atoms with E-state index in [2.05, 4.69) is 15.6 Å². The van der Waals surface area contributed by atoms with E-state index in [1.807, 2.05) is 19.9 Å². The molecule has 0 unspecified atom stereocenters. The summed E-state index contributed by atoms with van der Waals surface area (Å²) in [7, 11) is 1.39. The van der Waals surface area contributed by atoms with Gasteiger partial charge in [0.1, 0.15) is 5.82 Å². The first kappa shape index (κ1) is 13.8. The Morgan fingerprint density at radius 1 is 1.42 bits per heavy atom. The first-order valence-electron chi connectivity index (χ1n) is 6.65. The van der Waals surface area contributed by atoms with E-state index in [1.165, 1.54) is 7.11 Å². The van der Waals surface area contributed by atoms with Crippen molar-refractivity contribution < 1.29 is 9.53 Å². The van der Waals surface area contributed by atoms with Crippen LogP contribution < -0.4 is 10.6 Å². The molecule has 0 radical (unpaired) electrons. The molecular weight excluding hydrogens is 242 g/mol. The lowest BCUT2D eigenvalue weighted by molar-refractivity contribution is 0.0598. The lowest BCUT2D eigenvalue weighted by Gasteiger charge is -2.24. The number of hydrogen-bond donors (Lipinski definition) is 2. The van der Waals surface area contributed by atoms with Gasteiger partial charge in [-0.2, -0.15) is 0 Å². The summed E-state index contributed by atoms with van der Waals surface area (Å²) in [6.07, 6.45) is 2.19. The smallest absolute Gasteiger partial charge is 0.339 e. The van der Waals surface area contributed by atoms with Gasteiger partial charge < -0.3 is 15.4 Å². The maximum absolute atomic E-state index is 11.7. The van der Waals surface area contributed by atoms with Gasteiger partial charge in [-0.25, -0.2) is 9.78 Å². The predicted molar refractivity (Wildman–Crippen MR) is 74.6 cm³/mol. The minimum atomic E-state index is -0.323. The van der Waals surface area contributed by atoms with Gasteiger partial charge in [0, 0.05) is 6.04 Å². The second-order valence-electron chi connectivity index (χ2n) is 4.94. The van der Waals surface area contributed by atoms with Crippen molar-refractivity contribution in [3.8, 4) is 0 Å². The molecule has 1 aliphatic heterocycles. The van der Waals surface area contributed by atoms with E-state index < -0.39 is 0 Å². The topological polar surface area (TPSA) is 63.2 Å². The van der Waals surface area contributed by atoms with Gasteiger partial charge in [-0.15, -0.1) is 0 Å². The van der Waals surface area contributed by atoms with Crippen molar-refractivity contribution in [1.29, 1.82) is 0 Å². The van der Waals surface area contributed by atoms with E-state index in [9.17, 15) is 4.79 Å². The minimum absolute atomic E-state index is 0.323. The maximum atomic E-state index is 11.7. The second kappa shape index (κ2) is 6.02. The number of hydrogen-bond acceptors (Lipinski definition) is 5. The zero-order valence-electron chi connectivity index (χ0n) is 11.7. The number of rotatable bonds is 3. The van der Waals surface area contributed by atoms with E-state index in [0.29, 0.717) is 17.3 Å². The number of ether oxygens (including phenoxy) is 1. The van der Waals surface area contributed by atoms with Crippen molar-refractivity contribution in [3.63, 3.8) is 0 Å². The lowest BCUT2D eigenvalue weighted by atomic mass is 10.1. The molecule has 1 saturated heterocycles. The molecule has 0 spiro atoms. The van der Waals surface area contributed by atoms with Gasteiger partial charge in [0.05, 0.1) is 18.4 Å². The molecule has 0 atom stereocenters. The number of nitrogens with zero attached hydrogens (tertiary/aromatic N) is 1. The van der Waals surface area contributed by atoms with Gasteiger partial charge in [0.15, 0.2) is 0 Å². The summed E-state index contributed by atoms with van der Waals surface area (Å²) in [4.78, 5) is 16.1. The zero-order chi connectivity index (χ0) is 13.8. The highest BCUT2D eigenvalue weighted by Crippen LogP contribution is 2.19. The highest BCUT2D eigenvalue weighted by Gasteiger charge is 2.17. The molecule has 19 heavy (non-hydrogen) atoms. The summed E-state index contributed by atoms with van der Waals surface area (Å²) in [5.41, 5.74) is 2.18. The first-order chi connectivity index (χ1) is 9.11. The molecule has 1 aliphatic rings. The van der Waals surface area contributed by atoms with Crippen LogP contribution in [0.2, 0.25) is 0 Å². The van der Waals surface area contributed by atoms with Gasteiger partial charge in [-0.05, 0) is 51.4 Å².